The Morgan fingerprint density at radius 2 is 1.32 bits per heavy atom. The van der Waals surface area contributed by atoms with Crippen molar-refractivity contribution in [2.75, 3.05) is 13.2 Å². The molecule has 2 saturated heterocycles. The minimum atomic E-state index is -1.55. The maximum Gasteiger partial charge on any atom is 0.186 e. The maximum absolute atomic E-state index is 9.68. The van der Waals surface area contributed by atoms with Crippen LogP contribution in [0.3, 0.4) is 0 Å². The van der Waals surface area contributed by atoms with Gasteiger partial charge in [-0.2, -0.15) is 0 Å². The molecule has 112 valence electrons. The van der Waals surface area contributed by atoms with Crippen LogP contribution >= 0.6 is 0 Å². The molecule has 2 aliphatic heterocycles. The van der Waals surface area contributed by atoms with E-state index < -0.39 is 49.2 Å². The van der Waals surface area contributed by atoms with Crippen LogP contribution < -0.4 is 0 Å². The van der Waals surface area contributed by atoms with Gasteiger partial charge in [0.1, 0.15) is 36.6 Å². The fourth-order valence-corrected chi connectivity index (χ4v) is 1.98. The maximum atomic E-state index is 9.68. The summed E-state index contributed by atoms with van der Waals surface area (Å²) in [5, 5.41) is 57.0. The first-order chi connectivity index (χ1) is 8.91. The summed E-state index contributed by atoms with van der Waals surface area (Å²) in [5.74, 6) is 0. The number of hydrogen-bond acceptors (Lipinski definition) is 9. The lowest BCUT2D eigenvalue weighted by atomic mass is 10.0. The van der Waals surface area contributed by atoms with Gasteiger partial charge >= 0.3 is 0 Å². The number of rotatable bonds is 2. The van der Waals surface area contributed by atoms with Crippen LogP contribution in [0.5, 0.6) is 0 Å². The average molecular weight is 282 g/mol. The van der Waals surface area contributed by atoms with Gasteiger partial charge < -0.3 is 44.8 Å². The van der Waals surface area contributed by atoms with E-state index in [-0.39, 0.29) is 13.2 Å². The third-order valence-corrected chi connectivity index (χ3v) is 3.20. The molecule has 0 amide bonds. The summed E-state index contributed by atoms with van der Waals surface area (Å²) in [4.78, 5) is 0. The summed E-state index contributed by atoms with van der Waals surface area (Å²) in [6, 6.07) is 0. The molecule has 19 heavy (non-hydrogen) atoms. The van der Waals surface area contributed by atoms with Gasteiger partial charge in [-0.1, -0.05) is 0 Å². The van der Waals surface area contributed by atoms with Gasteiger partial charge in [-0.25, -0.2) is 0 Å². The molecule has 0 aromatic rings. The van der Waals surface area contributed by atoms with Crippen LogP contribution in [-0.4, -0.2) is 93.1 Å². The third-order valence-electron chi connectivity index (χ3n) is 3.20. The molecular formula is C10H18O9. The Morgan fingerprint density at radius 3 is 2.00 bits per heavy atom. The van der Waals surface area contributed by atoms with Gasteiger partial charge in [-0.05, 0) is 0 Å². The van der Waals surface area contributed by atoms with E-state index in [2.05, 4.69) is 0 Å². The lowest BCUT2D eigenvalue weighted by Crippen LogP contribution is -2.60. The number of ether oxygens (including phenoxy) is 3. The van der Waals surface area contributed by atoms with Crippen molar-refractivity contribution in [1.29, 1.82) is 0 Å². The SMILES string of the molecule is OC1COC(OC2C(O)OCC(O)C2O)C(O)C1O. The summed E-state index contributed by atoms with van der Waals surface area (Å²) in [7, 11) is 0. The normalized spacial score (nSPS) is 52.1. The van der Waals surface area contributed by atoms with Crippen LogP contribution in [0.2, 0.25) is 0 Å². The van der Waals surface area contributed by atoms with Crippen molar-refractivity contribution in [3.05, 3.63) is 0 Å². The minimum Gasteiger partial charge on any atom is -0.388 e. The van der Waals surface area contributed by atoms with E-state index in [0.29, 0.717) is 0 Å². The van der Waals surface area contributed by atoms with Crippen LogP contribution in [0.15, 0.2) is 0 Å². The molecule has 2 heterocycles. The predicted molar refractivity (Wildman–Crippen MR) is 56.6 cm³/mol. The van der Waals surface area contributed by atoms with Crippen LogP contribution in [0.4, 0.5) is 0 Å². The fourth-order valence-electron chi connectivity index (χ4n) is 1.98. The molecule has 0 aliphatic carbocycles. The Kier molecular flexibility index (Phi) is 4.71. The number of aliphatic hydroxyl groups excluding tert-OH is 6. The number of hydrogen-bond donors (Lipinski definition) is 6. The molecule has 0 aromatic heterocycles. The van der Waals surface area contributed by atoms with Gasteiger partial charge in [0.05, 0.1) is 13.2 Å². The summed E-state index contributed by atoms with van der Waals surface area (Å²) in [6.07, 6.45) is -11.2. The van der Waals surface area contributed by atoms with E-state index in [1.807, 2.05) is 0 Å². The Bertz CT molecular complexity index is 301. The molecule has 6 N–H and O–H groups in total. The van der Waals surface area contributed by atoms with Crippen molar-refractivity contribution in [2.24, 2.45) is 0 Å². The Morgan fingerprint density at radius 1 is 0.737 bits per heavy atom. The van der Waals surface area contributed by atoms with Crippen LogP contribution in [0.1, 0.15) is 0 Å². The molecule has 8 unspecified atom stereocenters. The second-order valence-electron chi connectivity index (χ2n) is 4.63. The fraction of sp³-hybridized carbons (Fsp3) is 1.00. The topological polar surface area (TPSA) is 149 Å². The van der Waals surface area contributed by atoms with Crippen molar-refractivity contribution < 1.29 is 44.8 Å². The first-order valence-electron chi connectivity index (χ1n) is 5.89. The number of aliphatic hydroxyl groups is 6. The van der Waals surface area contributed by atoms with Crippen molar-refractivity contribution in [2.45, 2.75) is 49.2 Å². The smallest absolute Gasteiger partial charge is 0.186 e. The molecule has 9 nitrogen and oxygen atoms in total. The first-order valence-corrected chi connectivity index (χ1v) is 5.89. The standard InChI is InChI=1S/C10H18O9/c11-3-2-18-10(7(15)5(3)13)19-8-6(14)4(12)1-17-9(8)16/h3-16H,1-2H2. The first kappa shape index (κ1) is 15.0. The second-order valence-corrected chi connectivity index (χ2v) is 4.63. The van der Waals surface area contributed by atoms with E-state index in [1.165, 1.54) is 0 Å². The second kappa shape index (κ2) is 5.95. The highest BCUT2D eigenvalue weighted by Gasteiger charge is 2.45. The van der Waals surface area contributed by atoms with Gasteiger partial charge in [0.25, 0.3) is 0 Å². The zero-order valence-electron chi connectivity index (χ0n) is 9.94. The van der Waals surface area contributed by atoms with Gasteiger partial charge in [0.15, 0.2) is 12.6 Å². The summed E-state index contributed by atoms with van der Waals surface area (Å²) in [5.41, 5.74) is 0. The van der Waals surface area contributed by atoms with E-state index in [0.717, 1.165) is 0 Å². The Hall–Kier alpha value is -0.360. The van der Waals surface area contributed by atoms with Crippen LogP contribution in [0, 0.1) is 0 Å². The van der Waals surface area contributed by atoms with Gasteiger partial charge in [0.2, 0.25) is 0 Å². The van der Waals surface area contributed by atoms with Crippen LogP contribution in [0.25, 0.3) is 0 Å². The molecule has 2 aliphatic rings. The highest BCUT2D eigenvalue weighted by atomic mass is 16.7. The van der Waals surface area contributed by atoms with Crippen molar-refractivity contribution >= 4 is 0 Å². The molecule has 0 saturated carbocycles. The summed E-state index contributed by atoms with van der Waals surface area (Å²) < 4.78 is 14.9. The highest BCUT2D eigenvalue weighted by Crippen LogP contribution is 2.23. The predicted octanol–water partition coefficient (Wildman–Crippen LogP) is -4.12. The summed E-state index contributed by atoms with van der Waals surface area (Å²) >= 11 is 0. The van der Waals surface area contributed by atoms with E-state index in [1.54, 1.807) is 0 Å². The van der Waals surface area contributed by atoms with Crippen molar-refractivity contribution in [3.63, 3.8) is 0 Å². The van der Waals surface area contributed by atoms with Crippen LogP contribution in [-0.2, 0) is 14.2 Å². The zero-order chi connectivity index (χ0) is 14.2. The van der Waals surface area contributed by atoms with E-state index in [9.17, 15) is 30.6 Å². The van der Waals surface area contributed by atoms with Crippen molar-refractivity contribution in [1.82, 2.24) is 0 Å². The lowest BCUT2D eigenvalue weighted by Gasteiger charge is -2.41. The third kappa shape index (κ3) is 3.05. The molecule has 0 bridgehead atoms. The molecule has 2 fully saturated rings. The zero-order valence-corrected chi connectivity index (χ0v) is 9.94. The minimum absolute atomic E-state index is 0.252. The Labute approximate surface area is 108 Å². The molecule has 8 atom stereocenters. The van der Waals surface area contributed by atoms with Gasteiger partial charge in [-0.15, -0.1) is 0 Å². The summed E-state index contributed by atoms with van der Waals surface area (Å²) in [6.45, 7) is -0.525. The van der Waals surface area contributed by atoms with Crippen molar-refractivity contribution in [3.8, 4) is 0 Å². The van der Waals surface area contributed by atoms with E-state index in [4.69, 9.17) is 14.2 Å². The van der Waals surface area contributed by atoms with Gasteiger partial charge in [0, 0.05) is 0 Å². The van der Waals surface area contributed by atoms with Gasteiger partial charge in [-0.3, -0.25) is 0 Å². The average Bonchev–Trinajstić information content (AvgIpc) is 2.39. The largest absolute Gasteiger partial charge is 0.388 e. The molecular weight excluding hydrogens is 264 g/mol. The quantitative estimate of drug-likeness (QED) is 0.297. The lowest BCUT2D eigenvalue weighted by molar-refractivity contribution is -0.336. The highest BCUT2D eigenvalue weighted by molar-refractivity contribution is 4.87. The molecule has 0 spiro atoms. The molecule has 0 radical (unpaired) electrons. The molecule has 9 heteroatoms. The van der Waals surface area contributed by atoms with E-state index >= 15 is 0 Å². The molecule has 2 rings (SSSR count). The monoisotopic (exact) mass is 282 g/mol. The molecule has 0 aromatic carbocycles. The Balaban J connectivity index is 1.99.